The van der Waals surface area contributed by atoms with Crippen molar-refractivity contribution in [2.24, 2.45) is 0 Å². The molecule has 0 radical (unpaired) electrons. The first-order valence-electron chi connectivity index (χ1n) is 7.34. The molecule has 2 aromatic carbocycles. The Morgan fingerprint density at radius 1 is 0.700 bits per heavy atom. The first kappa shape index (κ1) is 16.2. The van der Waals surface area contributed by atoms with Crippen molar-refractivity contribution >= 4 is 18.5 Å². The molecule has 0 N–H and O–H groups in total. The van der Waals surface area contributed by atoms with Gasteiger partial charge in [0.25, 0.3) is 0 Å². The molecule has 2 heteroatoms. The molecule has 0 atom stereocenters. The molecule has 1 saturated carbocycles. The van der Waals surface area contributed by atoms with Crippen molar-refractivity contribution in [3.05, 3.63) is 60.7 Å². The second kappa shape index (κ2) is 8.35. The second-order valence-electron chi connectivity index (χ2n) is 5.33. The van der Waals surface area contributed by atoms with Crippen LogP contribution < -0.4 is 40.2 Å². The first-order chi connectivity index (χ1) is 9.45. The Morgan fingerprint density at radius 3 is 1.60 bits per heavy atom. The summed E-state index contributed by atoms with van der Waals surface area (Å²) in [7, 11) is -0.169. The standard InChI is InChI=1S/C18H21P.Na.H/c1-4-10-16(11-5-1)19(17-12-6-2-7-13-17)18-14-8-3-9-15-18;;/h1-2,4-7,10-13,18H,3,8-9,14-15H2;;/q;+1;-1. The number of hydrogen-bond donors (Lipinski definition) is 0. The van der Waals surface area contributed by atoms with Gasteiger partial charge in [-0.15, -0.1) is 0 Å². The van der Waals surface area contributed by atoms with E-state index in [2.05, 4.69) is 60.7 Å². The number of rotatable bonds is 3. The minimum atomic E-state index is -0.169. The van der Waals surface area contributed by atoms with Gasteiger partial charge in [-0.3, -0.25) is 0 Å². The minimum Gasteiger partial charge on any atom is -1.00 e. The van der Waals surface area contributed by atoms with Crippen LogP contribution in [0.1, 0.15) is 33.5 Å². The molecule has 1 fully saturated rings. The Kier molecular flexibility index (Phi) is 6.78. The van der Waals surface area contributed by atoms with Crippen molar-refractivity contribution in [3.63, 3.8) is 0 Å². The van der Waals surface area contributed by atoms with E-state index in [1.807, 2.05) is 0 Å². The van der Waals surface area contributed by atoms with Crippen LogP contribution >= 0.6 is 7.92 Å². The molecule has 0 nitrogen and oxygen atoms in total. The van der Waals surface area contributed by atoms with Crippen molar-refractivity contribution in [2.45, 2.75) is 37.8 Å². The molecule has 0 amide bonds. The van der Waals surface area contributed by atoms with Crippen molar-refractivity contribution < 1.29 is 31.0 Å². The zero-order valence-corrected chi connectivity index (χ0v) is 15.2. The van der Waals surface area contributed by atoms with Gasteiger partial charge in [-0.2, -0.15) is 0 Å². The zero-order chi connectivity index (χ0) is 12.9. The van der Waals surface area contributed by atoms with E-state index in [1.54, 1.807) is 10.6 Å². The van der Waals surface area contributed by atoms with Gasteiger partial charge in [0.15, 0.2) is 0 Å². The summed E-state index contributed by atoms with van der Waals surface area (Å²) in [5.74, 6) is 0. The van der Waals surface area contributed by atoms with Crippen LogP contribution in [0.5, 0.6) is 0 Å². The molecule has 0 unspecified atom stereocenters. The fourth-order valence-corrected chi connectivity index (χ4v) is 6.10. The van der Waals surface area contributed by atoms with E-state index >= 15 is 0 Å². The van der Waals surface area contributed by atoms with Crippen molar-refractivity contribution in [2.75, 3.05) is 0 Å². The average molecular weight is 292 g/mol. The van der Waals surface area contributed by atoms with E-state index in [0.717, 1.165) is 5.66 Å². The van der Waals surface area contributed by atoms with Gasteiger partial charge >= 0.3 is 29.6 Å². The molecule has 20 heavy (non-hydrogen) atoms. The van der Waals surface area contributed by atoms with Crippen LogP contribution in [0.15, 0.2) is 60.7 Å². The Labute approximate surface area is 147 Å². The fourth-order valence-electron chi connectivity index (χ4n) is 3.09. The van der Waals surface area contributed by atoms with Gasteiger partial charge in [-0.1, -0.05) is 79.9 Å². The molecule has 0 aromatic heterocycles. The fraction of sp³-hybridized carbons (Fsp3) is 0.333. The van der Waals surface area contributed by atoms with Gasteiger partial charge in [0.2, 0.25) is 0 Å². The van der Waals surface area contributed by atoms with Gasteiger partial charge in [0, 0.05) is 0 Å². The van der Waals surface area contributed by atoms with E-state index in [0.29, 0.717) is 0 Å². The summed E-state index contributed by atoms with van der Waals surface area (Å²) in [6.07, 6.45) is 7.10. The predicted molar refractivity (Wildman–Crippen MR) is 87.1 cm³/mol. The largest absolute Gasteiger partial charge is 1.00 e. The quantitative estimate of drug-likeness (QED) is 0.595. The molecule has 0 saturated heterocycles. The van der Waals surface area contributed by atoms with Gasteiger partial charge < -0.3 is 1.43 Å². The average Bonchev–Trinajstić information content (AvgIpc) is 2.51. The molecule has 0 heterocycles. The summed E-state index contributed by atoms with van der Waals surface area (Å²) >= 11 is 0. The maximum atomic E-state index is 2.33. The van der Waals surface area contributed by atoms with Crippen LogP contribution in [0, 0.1) is 0 Å². The zero-order valence-electron chi connectivity index (χ0n) is 13.3. The molecule has 0 aliphatic heterocycles. The molecule has 1 aliphatic carbocycles. The summed E-state index contributed by atoms with van der Waals surface area (Å²) in [6.45, 7) is 0. The third kappa shape index (κ3) is 3.95. The molecular formula is C18H22NaP. The Bertz CT molecular complexity index is 458. The van der Waals surface area contributed by atoms with Crippen LogP contribution in [-0.2, 0) is 0 Å². The molecule has 100 valence electrons. The molecular weight excluding hydrogens is 270 g/mol. The molecule has 0 bridgehead atoms. The summed E-state index contributed by atoms with van der Waals surface area (Å²) < 4.78 is 0. The van der Waals surface area contributed by atoms with Gasteiger partial charge in [-0.05, 0) is 37.0 Å². The summed E-state index contributed by atoms with van der Waals surface area (Å²) in [5.41, 5.74) is 0.883. The monoisotopic (exact) mass is 292 g/mol. The summed E-state index contributed by atoms with van der Waals surface area (Å²) in [4.78, 5) is 0. The number of hydrogen-bond acceptors (Lipinski definition) is 0. The smallest absolute Gasteiger partial charge is 1.00 e. The summed E-state index contributed by atoms with van der Waals surface area (Å²) in [6, 6.07) is 22.3. The molecule has 0 spiro atoms. The van der Waals surface area contributed by atoms with Crippen LogP contribution in [0.25, 0.3) is 0 Å². The SMILES string of the molecule is [H-].[Na+].c1ccc(P(c2ccccc2)C2CCCCC2)cc1. The summed E-state index contributed by atoms with van der Waals surface area (Å²) in [5, 5.41) is 3.10. The van der Waals surface area contributed by atoms with Crippen molar-refractivity contribution in [1.82, 2.24) is 0 Å². The topological polar surface area (TPSA) is 0 Å². The maximum absolute atomic E-state index is 2.33. The van der Waals surface area contributed by atoms with E-state index in [9.17, 15) is 0 Å². The van der Waals surface area contributed by atoms with Gasteiger partial charge in [0.05, 0.1) is 0 Å². The Morgan fingerprint density at radius 2 is 1.15 bits per heavy atom. The molecule has 1 aliphatic rings. The van der Waals surface area contributed by atoms with E-state index in [1.165, 1.54) is 32.1 Å². The minimum absolute atomic E-state index is 0. The predicted octanol–water partition coefficient (Wildman–Crippen LogP) is 1.57. The van der Waals surface area contributed by atoms with Crippen molar-refractivity contribution in [1.29, 1.82) is 0 Å². The van der Waals surface area contributed by atoms with Crippen LogP contribution in [-0.4, -0.2) is 5.66 Å². The number of benzene rings is 2. The Hall–Kier alpha value is -0.130. The van der Waals surface area contributed by atoms with Crippen LogP contribution in [0.4, 0.5) is 0 Å². The third-order valence-corrected chi connectivity index (χ3v) is 6.96. The van der Waals surface area contributed by atoms with E-state index in [-0.39, 0.29) is 38.9 Å². The van der Waals surface area contributed by atoms with Gasteiger partial charge in [-0.25, -0.2) is 0 Å². The van der Waals surface area contributed by atoms with Crippen LogP contribution in [0.3, 0.4) is 0 Å². The van der Waals surface area contributed by atoms with Crippen molar-refractivity contribution in [3.8, 4) is 0 Å². The normalized spacial score (nSPS) is 15.8. The molecule has 3 rings (SSSR count). The second-order valence-corrected chi connectivity index (χ2v) is 7.84. The maximum Gasteiger partial charge on any atom is 1.00 e. The van der Waals surface area contributed by atoms with E-state index in [4.69, 9.17) is 0 Å². The van der Waals surface area contributed by atoms with Crippen LogP contribution in [0.2, 0.25) is 0 Å². The molecule has 2 aromatic rings. The Balaban J connectivity index is 0.00000110. The first-order valence-corrected chi connectivity index (χ1v) is 8.75. The third-order valence-electron chi connectivity index (χ3n) is 4.01. The van der Waals surface area contributed by atoms with E-state index < -0.39 is 0 Å². The van der Waals surface area contributed by atoms with Gasteiger partial charge in [0.1, 0.15) is 0 Å².